The van der Waals surface area contributed by atoms with Gasteiger partial charge in [-0.05, 0) is 12.1 Å². The van der Waals surface area contributed by atoms with Crippen LogP contribution >= 0.6 is 0 Å². The van der Waals surface area contributed by atoms with Crippen LogP contribution in [0.3, 0.4) is 0 Å². The number of hydrogen-bond acceptors (Lipinski definition) is 3. The summed E-state index contributed by atoms with van der Waals surface area (Å²) in [4.78, 5) is 26.0. The van der Waals surface area contributed by atoms with Crippen LogP contribution in [-0.4, -0.2) is 34.0 Å². The van der Waals surface area contributed by atoms with E-state index in [4.69, 9.17) is 5.11 Å². The molecule has 68 valence electrons. The van der Waals surface area contributed by atoms with Gasteiger partial charge in [-0.2, -0.15) is 0 Å². The maximum atomic E-state index is 11.3. The van der Waals surface area contributed by atoms with Gasteiger partial charge in [0.05, 0.1) is 5.56 Å². The maximum absolute atomic E-state index is 11.3. The third-order valence-corrected chi connectivity index (χ3v) is 1.50. The highest BCUT2D eigenvalue weighted by Crippen LogP contribution is 2.00. The largest absolute Gasteiger partial charge is 0.465 e. The van der Waals surface area contributed by atoms with Crippen molar-refractivity contribution in [3.63, 3.8) is 0 Å². The highest BCUT2D eigenvalue weighted by Gasteiger charge is 2.16. The van der Waals surface area contributed by atoms with Gasteiger partial charge in [0, 0.05) is 19.4 Å². The number of aromatic nitrogens is 1. The molecule has 2 amide bonds. The summed E-state index contributed by atoms with van der Waals surface area (Å²) < 4.78 is 0. The molecule has 0 aliphatic carbocycles. The van der Waals surface area contributed by atoms with E-state index in [1.54, 1.807) is 6.07 Å². The normalized spacial score (nSPS) is 9.31. The molecular weight excluding hydrogens is 172 g/mol. The van der Waals surface area contributed by atoms with Crippen molar-refractivity contribution in [1.82, 2.24) is 9.88 Å². The number of amides is 2. The van der Waals surface area contributed by atoms with Crippen molar-refractivity contribution >= 4 is 12.0 Å². The van der Waals surface area contributed by atoms with E-state index < -0.39 is 12.0 Å². The van der Waals surface area contributed by atoms with E-state index in [0.717, 1.165) is 0 Å². The number of pyridine rings is 1. The molecular formula is C8H8N2O3. The number of nitrogens with zero attached hydrogens (tertiary/aromatic N) is 2. The van der Waals surface area contributed by atoms with Crippen molar-refractivity contribution in [2.45, 2.75) is 0 Å². The minimum Gasteiger partial charge on any atom is -0.465 e. The van der Waals surface area contributed by atoms with Crippen LogP contribution in [0.4, 0.5) is 4.79 Å². The molecule has 1 N–H and O–H groups in total. The smallest absolute Gasteiger partial charge is 0.414 e. The Labute approximate surface area is 74.6 Å². The molecule has 5 heteroatoms. The lowest BCUT2D eigenvalue weighted by Crippen LogP contribution is -2.31. The minimum atomic E-state index is -1.28. The lowest BCUT2D eigenvalue weighted by Gasteiger charge is -2.09. The first-order chi connectivity index (χ1) is 6.13. The van der Waals surface area contributed by atoms with Crippen LogP contribution in [0.1, 0.15) is 10.4 Å². The Balaban J connectivity index is 2.86. The minimum absolute atomic E-state index is 0.257. The zero-order valence-corrected chi connectivity index (χ0v) is 6.97. The molecule has 0 aromatic carbocycles. The van der Waals surface area contributed by atoms with Gasteiger partial charge in [0.15, 0.2) is 0 Å². The monoisotopic (exact) mass is 180 g/mol. The Morgan fingerprint density at radius 3 is 2.69 bits per heavy atom. The van der Waals surface area contributed by atoms with Gasteiger partial charge in [0.1, 0.15) is 0 Å². The zero-order valence-electron chi connectivity index (χ0n) is 6.97. The third-order valence-electron chi connectivity index (χ3n) is 1.50. The average molecular weight is 180 g/mol. The van der Waals surface area contributed by atoms with Gasteiger partial charge in [-0.15, -0.1) is 0 Å². The van der Waals surface area contributed by atoms with E-state index in [2.05, 4.69) is 4.98 Å². The van der Waals surface area contributed by atoms with Crippen molar-refractivity contribution in [2.24, 2.45) is 0 Å². The predicted octanol–water partition coefficient (Wildman–Crippen LogP) is 0.832. The fraction of sp³-hybridized carbons (Fsp3) is 0.125. The van der Waals surface area contributed by atoms with Crippen LogP contribution < -0.4 is 0 Å². The molecule has 0 saturated carbocycles. The van der Waals surface area contributed by atoms with Crippen LogP contribution in [-0.2, 0) is 0 Å². The van der Waals surface area contributed by atoms with Crippen LogP contribution in [0.2, 0.25) is 0 Å². The number of imide groups is 1. The second-order valence-electron chi connectivity index (χ2n) is 2.39. The topological polar surface area (TPSA) is 70.5 Å². The van der Waals surface area contributed by atoms with E-state index >= 15 is 0 Å². The summed E-state index contributed by atoms with van der Waals surface area (Å²) in [6.07, 6.45) is 1.55. The van der Waals surface area contributed by atoms with Crippen LogP contribution in [0.15, 0.2) is 24.5 Å². The van der Waals surface area contributed by atoms with Crippen molar-refractivity contribution < 1.29 is 14.7 Å². The Kier molecular flexibility index (Phi) is 2.59. The quantitative estimate of drug-likeness (QED) is 0.694. The number of carbonyl (C=O) groups excluding carboxylic acids is 1. The molecule has 0 unspecified atom stereocenters. The standard InChI is InChI=1S/C8H8N2O3/c1-10(8(12)13)7(11)6-3-2-4-9-5-6/h2-5H,1H3,(H,12,13). The molecule has 5 nitrogen and oxygen atoms in total. The molecule has 1 aromatic rings. The Morgan fingerprint density at radius 1 is 1.54 bits per heavy atom. The molecule has 1 heterocycles. The first kappa shape index (κ1) is 9.18. The Bertz CT molecular complexity index is 323. The van der Waals surface area contributed by atoms with Gasteiger partial charge in [-0.1, -0.05) is 0 Å². The van der Waals surface area contributed by atoms with E-state index in [9.17, 15) is 9.59 Å². The molecule has 0 spiro atoms. The van der Waals surface area contributed by atoms with Crippen molar-refractivity contribution in [2.75, 3.05) is 7.05 Å². The third kappa shape index (κ3) is 2.02. The zero-order chi connectivity index (χ0) is 9.84. The lowest BCUT2D eigenvalue weighted by atomic mass is 10.2. The van der Waals surface area contributed by atoms with E-state index in [1.807, 2.05) is 0 Å². The van der Waals surface area contributed by atoms with Crippen molar-refractivity contribution in [1.29, 1.82) is 0 Å². The van der Waals surface area contributed by atoms with Gasteiger partial charge in [0.25, 0.3) is 5.91 Å². The Hall–Kier alpha value is -1.91. The summed E-state index contributed by atoms with van der Waals surface area (Å²) in [6.45, 7) is 0. The number of carboxylic acid groups (broad SMARTS) is 1. The second-order valence-corrected chi connectivity index (χ2v) is 2.39. The molecule has 0 aliphatic heterocycles. The first-order valence-corrected chi connectivity index (χ1v) is 3.54. The molecule has 0 saturated heterocycles. The molecule has 0 aliphatic rings. The summed E-state index contributed by atoms with van der Waals surface area (Å²) in [5.74, 6) is -0.583. The molecule has 1 aromatic heterocycles. The van der Waals surface area contributed by atoms with Crippen molar-refractivity contribution in [3.8, 4) is 0 Å². The van der Waals surface area contributed by atoms with Crippen molar-refractivity contribution in [3.05, 3.63) is 30.1 Å². The average Bonchev–Trinajstić information content (AvgIpc) is 2.17. The van der Waals surface area contributed by atoms with E-state index in [0.29, 0.717) is 4.90 Å². The number of carbonyl (C=O) groups is 2. The number of hydrogen-bond donors (Lipinski definition) is 1. The fourth-order valence-electron chi connectivity index (χ4n) is 0.770. The number of rotatable bonds is 1. The van der Waals surface area contributed by atoms with E-state index in [-0.39, 0.29) is 5.56 Å². The predicted molar refractivity (Wildman–Crippen MR) is 44.4 cm³/mol. The molecule has 0 radical (unpaired) electrons. The summed E-state index contributed by atoms with van der Waals surface area (Å²) in [7, 11) is 1.19. The van der Waals surface area contributed by atoms with Crippen LogP contribution in [0, 0.1) is 0 Å². The molecule has 0 fully saturated rings. The molecule has 0 atom stereocenters. The van der Waals surface area contributed by atoms with Gasteiger partial charge < -0.3 is 5.11 Å². The molecule has 1 rings (SSSR count). The van der Waals surface area contributed by atoms with E-state index in [1.165, 1.54) is 25.5 Å². The maximum Gasteiger partial charge on any atom is 0.414 e. The molecule has 13 heavy (non-hydrogen) atoms. The van der Waals surface area contributed by atoms with Gasteiger partial charge in [-0.3, -0.25) is 9.78 Å². The first-order valence-electron chi connectivity index (χ1n) is 3.54. The Morgan fingerprint density at radius 2 is 2.23 bits per heavy atom. The summed E-state index contributed by atoms with van der Waals surface area (Å²) in [5, 5.41) is 8.50. The van der Waals surface area contributed by atoms with Crippen LogP contribution in [0.25, 0.3) is 0 Å². The van der Waals surface area contributed by atoms with Gasteiger partial charge >= 0.3 is 6.09 Å². The highest BCUT2D eigenvalue weighted by molar-refractivity contribution is 6.01. The summed E-state index contributed by atoms with van der Waals surface area (Å²) in [5.41, 5.74) is 0.257. The SMILES string of the molecule is CN(C(=O)O)C(=O)c1cccnc1. The molecule has 0 bridgehead atoms. The summed E-state index contributed by atoms with van der Waals surface area (Å²) in [6, 6.07) is 3.08. The fourth-order valence-corrected chi connectivity index (χ4v) is 0.770. The van der Waals surface area contributed by atoms with Gasteiger partial charge in [0.2, 0.25) is 0 Å². The lowest BCUT2D eigenvalue weighted by molar-refractivity contribution is 0.0781. The highest BCUT2D eigenvalue weighted by atomic mass is 16.4. The van der Waals surface area contributed by atoms with Gasteiger partial charge in [-0.25, -0.2) is 9.69 Å². The second kappa shape index (κ2) is 3.66. The summed E-state index contributed by atoms with van der Waals surface area (Å²) >= 11 is 0. The van der Waals surface area contributed by atoms with Crippen LogP contribution in [0.5, 0.6) is 0 Å².